The van der Waals surface area contributed by atoms with Crippen molar-refractivity contribution in [1.29, 1.82) is 0 Å². The Labute approximate surface area is 276 Å². The molecule has 0 unspecified atom stereocenters. The summed E-state index contributed by atoms with van der Waals surface area (Å²) in [4.78, 5) is 14.7. The molecule has 0 radical (unpaired) electrons. The standard InChI is InChI=1S/C38H32N6.Pt/c1-23-41-36-30-19-25(15-16-27(30)28-11-7-10-14-32(28)44(36)42-23)38(5,6)26-20-33-35(40-22-26)29-12-8-9-13-31(29)43(33)34-21-24(17-18-39-34)37(2,3)4;/h7-18,21-22H,1-6H3;/q-2;+2. The topological polar surface area (TPSA) is 60.9 Å². The van der Waals surface area contributed by atoms with Crippen molar-refractivity contribution in [2.24, 2.45) is 0 Å². The molecule has 0 bridgehead atoms. The molecule has 7 heteroatoms. The Balaban J connectivity index is 0.00000325. The van der Waals surface area contributed by atoms with Crippen molar-refractivity contribution in [1.82, 2.24) is 29.1 Å². The summed E-state index contributed by atoms with van der Waals surface area (Å²) >= 11 is 0. The number of benzene rings is 3. The van der Waals surface area contributed by atoms with Crippen molar-refractivity contribution in [2.45, 2.75) is 52.4 Å². The largest absolute Gasteiger partial charge is 2.00 e. The Morgan fingerprint density at radius 1 is 0.733 bits per heavy atom. The van der Waals surface area contributed by atoms with E-state index in [1.807, 2.05) is 29.9 Å². The average Bonchev–Trinajstić information content (AvgIpc) is 3.58. The molecule has 0 fully saturated rings. The number of nitrogens with zero attached hydrogens (tertiary/aromatic N) is 6. The van der Waals surface area contributed by atoms with Gasteiger partial charge in [-0.15, -0.1) is 29.3 Å². The molecule has 5 heterocycles. The van der Waals surface area contributed by atoms with E-state index < -0.39 is 5.41 Å². The van der Waals surface area contributed by atoms with E-state index in [4.69, 9.17) is 20.1 Å². The molecule has 6 nitrogen and oxygen atoms in total. The van der Waals surface area contributed by atoms with Gasteiger partial charge in [0, 0.05) is 11.7 Å². The van der Waals surface area contributed by atoms with Crippen LogP contribution in [-0.4, -0.2) is 29.1 Å². The molecule has 0 saturated heterocycles. The number of hydrogen-bond acceptors (Lipinski definition) is 4. The van der Waals surface area contributed by atoms with Crippen LogP contribution in [0.3, 0.4) is 0 Å². The van der Waals surface area contributed by atoms with Crippen molar-refractivity contribution in [3.63, 3.8) is 0 Å². The Morgan fingerprint density at radius 2 is 1.47 bits per heavy atom. The van der Waals surface area contributed by atoms with Crippen molar-refractivity contribution in [2.75, 3.05) is 0 Å². The van der Waals surface area contributed by atoms with Crippen molar-refractivity contribution >= 4 is 49.3 Å². The van der Waals surface area contributed by atoms with Crippen LogP contribution in [0.2, 0.25) is 0 Å². The minimum absolute atomic E-state index is 0. The molecule has 45 heavy (non-hydrogen) atoms. The summed E-state index contributed by atoms with van der Waals surface area (Å²) in [6.45, 7) is 13.0. The molecule has 224 valence electrons. The van der Waals surface area contributed by atoms with Gasteiger partial charge in [-0.1, -0.05) is 88.0 Å². The second kappa shape index (κ2) is 10.3. The fourth-order valence-electron chi connectivity index (χ4n) is 6.36. The number of pyridine rings is 3. The monoisotopic (exact) mass is 767 g/mol. The molecule has 0 saturated carbocycles. The first-order valence-electron chi connectivity index (χ1n) is 15.0. The van der Waals surface area contributed by atoms with Gasteiger partial charge in [-0.25, -0.2) is 4.98 Å². The van der Waals surface area contributed by atoms with E-state index in [2.05, 4.69) is 118 Å². The molecule has 0 amide bonds. The maximum atomic E-state index is 5.05. The quantitative estimate of drug-likeness (QED) is 0.134. The minimum Gasteiger partial charge on any atom is -0.380 e. The van der Waals surface area contributed by atoms with E-state index in [1.165, 1.54) is 5.56 Å². The molecule has 0 atom stereocenters. The second-order valence-electron chi connectivity index (χ2n) is 13.2. The predicted octanol–water partition coefficient (Wildman–Crippen LogP) is 8.45. The van der Waals surface area contributed by atoms with Crippen molar-refractivity contribution in [3.05, 3.63) is 120 Å². The van der Waals surface area contributed by atoms with Gasteiger partial charge >= 0.3 is 21.1 Å². The zero-order valence-electron chi connectivity index (χ0n) is 26.1. The number of hydrogen-bond donors (Lipinski definition) is 0. The van der Waals surface area contributed by atoms with Crippen LogP contribution < -0.4 is 0 Å². The summed E-state index contributed by atoms with van der Waals surface area (Å²) in [5.41, 5.74) is 7.54. The van der Waals surface area contributed by atoms with Gasteiger partial charge < -0.3 is 9.55 Å². The molecule has 5 aromatic heterocycles. The van der Waals surface area contributed by atoms with Crippen LogP contribution in [0.15, 0.2) is 85.2 Å². The van der Waals surface area contributed by atoms with Crippen LogP contribution in [0, 0.1) is 19.1 Å². The van der Waals surface area contributed by atoms with Gasteiger partial charge in [0.05, 0.1) is 11.2 Å². The zero-order chi connectivity index (χ0) is 30.4. The van der Waals surface area contributed by atoms with Gasteiger partial charge in [0.2, 0.25) is 0 Å². The number of rotatable bonds is 3. The smallest absolute Gasteiger partial charge is 0.380 e. The maximum Gasteiger partial charge on any atom is 2.00 e. The number of para-hydroxylation sites is 2. The second-order valence-corrected chi connectivity index (χ2v) is 13.2. The Morgan fingerprint density at radius 3 is 2.24 bits per heavy atom. The Bertz CT molecular complexity index is 2430. The molecule has 3 aromatic carbocycles. The summed E-state index contributed by atoms with van der Waals surface area (Å²) < 4.78 is 4.14. The van der Waals surface area contributed by atoms with Gasteiger partial charge in [0.15, 0.2) is 0 Å². The Kier molecular flexibility index (Phi) is 6.72. The molecule has 0 spiro atoms. The van der Waals surface area contributed by atoms with Gasteiger partial charge in [0.25, 0.3) is 0 Å². The number of aryl methyl sites for hydroxylation is 1. The van der Waals surface area contributed by atoms with Crippen LogP contribution in [-0.2, 0) is 31.9 Å². The Hall–Kier alpha value is -4.41. The van der Waals surface area contributed by atoms with Crippen molar-refractivity contribution < 1.29 is 21.1 Å². The number of aromatic nitrogens is 6. The van der Waals surface area contributed by atoms with E-state index >= 15 is 0 Å². The first-order valence-corrected chi connectivity index (χ1v) is 15.0. The molecular weight excluding hydrogens is 736 g/mol. The number of fused-ring (bicyclic) bond motifs is 9. The van der Waals surface area contributed by atoms with Gasteiger partial charge in [0.1, 0.15) is 11.6 Å². The van der Waals surface area contributed by atoms with Crippen LogP contribution in [0.5, 0.6) is 0 Å². The van der Waals surface area contributed by atoms with Crippen LogP contribution in [0.25, 0.3) is 55.1 Å². The van der Waals surface area contributed by atoms with E-state index in [9.17, 15) is 0 Å². The molecule has 8 aromatic rings. The first-order chi connectivity index (χ1) is 21.1. The molecule has 8 rings (SSSR count). The van der Waals surface area contributed by atoms with E-state index in [0.717, 1.165) is 72.0 Å². The third kappa shape index (κ3) is 4.49. The van der Waals surface area contributed by atoms with E-state index in [-0.39, 0.29) is 26.5 Å². The van der Waals surface area contributed by atoms with E-state index in [0.29, 0.717) is 0 Å². The van der Waals surface area contributed by atoms with Gasteiger partial charge in [-0.2, -0.15) is 11.2 Å². The normalized spacial score (nSPS) is 12.5. The maximum absolute atomic E-state index is 5.05. The SMILES string of the molecule is Cc1nc2c3[c-]c(C(C)(C)c4[c-]c5c(nc4)c4ccccc4n5-c4cc(C(C)(C)C)ccn4)ccc3c3ccccc3n2n1.[Pt+2]. The zero-order valence-corrected chi connectivity index (χ0v) is 28.4. The fourth-order valence-corrected chi connectivity index (χ4v) is 6.36. The van der Waals surface area contributed by atoms with Crippen LogP contribution in [0.1, 0.15) is 57.1 Å². The van der Waals surface area contributed by atoms with E-state index in [1.54, 1.807) is 0 Å². The first kappa shape index (κ1) is 29.3. The van der Waals surface area contributed by atoms with Crippen molar-refractivity contribution in [3.8, 4) is 5.82 Å². The molecule has 0 aliphatic heterocycles. The summed E-state index contributed by atoms with van der Waals surface area (Å²) in [7, 11) is 0. The molecule has 0 aliphatic rings. The van der Waals surface area contributed by atoms with Crippen LogP contribution >= 0.6 is 0 Å². The average molecular weight is 768 g/mol. The molecule has 0 aliphatic carbocycles. The third-order valence-electron chi connectivity index (χ3n) is 8.92. The molecule has 0 N–H and O–H groups in total. The van der Waals surface area contributed by atoms with Gasteiger partial charge in [-0.3, -0.25) is 9.50 Å². The third-order valence-corrected chi connectivity index (χ3v) is 8.92. The molecular formula is C38H32N6Pt. The summed E-state index contributed by atoms with van der Waals surface area (Å²) in [6.07, 6.45) is 3.87. The van der Waals surface area contributed by atoms with Crippen LogP contribution in [0.4, 0.5) is 0 Å². The predicted molar refractivity (Wildman–Crippen MR) is 178 cm³/mol. The van der Waals surface area contributed by atoms with Gasteiger partial charge in [-0.05, 0) is 69.4 Å². The summed E-state index contributed by atoms with van der Waals surface area (Å²) in [6, 6.07) is 33.0. The summed E-state index contributed by atoms with van der Waals surface area (Å²) in [5, 5.41) is 9.00. The minimum atomic E-state index is -0.449. The summed E-state index contributed by atoms with van der Waals surface area (Å²) in [5.74, 6) is 1.60. The fraction of sp³-hybridized carbons (Fsp3) is 0.211.